The summed E-state index contributed by atoms with van der Waals surface area (Å²) in [5.74, 6) is -0.345. The number of hydrogen-bond donors (Lipinski definition) is 1. The average Bonchev–Trinajstić information content (AvgIpc) is 2.67. The van der Waals surface area contributed by atoms with Gasteiger partial charge in [-0.3, -0.25) is 10.1 Å². The van der Waals surface area contributed by atoms with Crippen LogP contribution < -0.4 is 5.32 Å². The zero-order valence-electron chi connectivity index (χ0n) is 11.2. The second-order valence-electron chi connectivity index (χ2n) is 4.97. The van der Waals surface area contributed by atoms with E-state index in [0.29, 0.717) is 13.2 Å². The SMILES string of the molecule is Cc1cnc(NCC2COC(C)(C)O2)c([N+](=O)[O-])c1. The first kappa shape index (κ1) is 13.7. The standard InChI is InChI=1S/C12H17N3O4/c1-8-4-10(15(16)17)11(13-5-8)14-6-9-7-18-12(2,3)19-9/h4-5,9H,6-7H2,1-3H3,(H,13,14). The Kier molecular flexibility index (Phi) is 3.68. The third kappa shape index (κ3) is 3.39. The largest absolute Gasteiger partial charge is 0.362 e. The predicted octanol–water partition coefficient (Wildman–Crippen LogP) is 1.86. The lowest BCUT2D eigenvalue weighted by atomic mass is 10.3. The maximum Gasteiger partial charge on any atom is 0.311 e. The van der Waals surface area contributed by atoms with Gasteiger partial charge < -0.3 is 14.8 Å². The summed E-state index contributed by atoms with van der Waals surface area (Å²) in [6.07, 6.45) is 1.45. The Morgan fingerprint density at radius 3 is 2.95 bits per heavy atom. The van der Waals surface area contributed by atoms with Gasteiger partial charge in [-0.15, -0.1) is 0 Å². The molecule has 1 aromatic heterocycles. The summed E-state index contributed by atoms with van der Waals surface area (Å²) in [6, 6.07) is 1.49. The molecule has 2 heterocycles. The molecule has 0 saturated carbocycles. The maximum atomic E-state index is 10.9. The van der Waals surface area contributed by atoms with Crippen molar-refractivity contribution >= 4 is 11.5 Å². The number of rotatable bonds is 4. The predicted molar refractivity (Wildman–Crippen MR) is 69.0 cm³/mol. The van der Waals surface area contributed by atoms with E-state index in [9.17, 15) is 10.1 Å². The molecule has 1 atom stereocenters. The molecule has 0 aliphatic carbocycles. The zero-order chi connectivity index (χ0) is 14.0. The molecule has 1 fully saturated rings. The van der Waals surface area contributed by atoms with E-state index in [2.05, 4.69) is 10.3 Å². The van der Waals surface area contributed by atoms with Gasteiger partial charge in [0, 0.05) is 18.8 Å². The molecule has 7 nitrogen and oxygen atoms in total. The topological polar surface area (TPSA) is 86.5 Å². The van der Waals surface area contributed by atoms with Gasteiger partial charge in [0.2, 0.25) is 5.82 Å². The number of pyridine rings is 1. The molecule has 1 unspecified atom stereocenters. The number of nitrogens with one attached hydrogen (secondary N) is 1. The number of nitro groups is 1. The van der Waals surface area contributed by atoms with Gasteiger partial charge in [-0.1, -0.05) is 0 Å². The van der Waals surface area contributed by atoms with Crippen LogP contribution in [0, 0.1) is 17.0 Å². The third-order valence-electron chi connectivity index (χ3n) is 2.77. The van der Waals surface area contributed by atoms with Gasteiger partial charge in [-0.2, -0.15) is 0 Å². The van der Waals surface area contributed by atoms with E-state index in [-0.39, 0.29) is 17.6 Å². The highest BCUT2D eigenvalue weighted by Crippen LogP contribution is 2.25. The summed E-state index contributed by atoms with van der Waals surface area (Å²) in [5, 5.41) is 13.9. The fraction of sp³-hybridized carbons (Fsp3) is 0.583. The summed E-state index contributed by atoms with van der Waals surface area (Å²) in [7, 11) is 0. The van der Waals surface area contributed by atoms with Crippen LogP contribution in [0.5, 0.6) is 0 Å². The van der Waals surface area contributed by atoms with E-state index in [1.165, 1.54) is 6.07 Å². The van der Waals surface area contributed by atoms with Gasteiger partial charge >= 0.3 is 5.69 Å². The van der Waals surface area contributed by atoms with Crippen LogP contribution in [0.25, 0.3) is 0 Å². The highest BCUT2D eigenvalue weighted by Gasteiger charge is 2.32. The maximum absolute atomic E-state index is 10.9. The third-order valence-corrected chi connectivity index (χ3v) is 2.77. The van der Waals surface area contributed by atoms with Crippen LogP contribution >= 0.6 is 0 Å². The van der Waals surface area contributed by atoms with Crippen molar-refractivity contribution in [3.05, 3.63) is 27.9 Å². The van der Waals surface area contributed by atoms with Gasteiger partial charge in [0.1, 0.15) is 6.10 Å². The van der Waals surface area contributed by atoms with Crippen molar-refractivity contribution in [2.45, 2.75) is 32.7 Å². The molecule has 0 radical (unpaired) electrons. The second kappa shape index (κ2) is 5.10. The number of aromatic nitrogens is 1. The number of ether oxygens (including phenoxy) is 2. The Balaban J connectivity index is 2.02. The lowest BCUT2D eigenvalue weighted by Crippen LogP contribution is -2.26. The smallest absolute Gasteiger partial charge is 0.311 e. The van der Waals surface area contributed by atoms with E-state index in [1.54, 1.807) is 13.1 Å². The lowest BCUT2D eigenvalue weighted by Gasteiger charge is -2.17. The van der Waals surface area contributed by atoms with Gasteiger partial charge in [0.05, 0.1) is 11.5 Å². The van der Waals surface area contributed by atoms with Crippen LogP contribution in [0.1, 0.15) is 19.4 Å². The van der Waals surface area contributed by atoms with Gasteiger partial charge in [-0.05, 0) is 26.3 Å². The fourth-order valence-electron chi connectivity index (χ4n) is 1.90. The minimum Gasteiger partial charge on any atom is -0.362 e. The Hall–Kier alpha value is -1.73. The van der Waals surface area contributed by atoms with Crippen molar-refractivity contribution < 1.29 is 14.4 Å². The minimum absolute atomic E-state index is 0.0295. The van der Waals surface area contributed by atoms with Crippen molar-refractivity contribution in [3.63, 3.8) is 0 Å². The molecule has 1 saturated heterocycles. The van der Waals surface area contributed by atoms with Crippen LogP contribution in [0.2, 0.25) is 0 Å². The van der Waals surface area contributed by atoms with Crippen molar-refractivity contribution in [2.75, 3.05) is 18.5 Å². The molecule has 2 rings (SSSR count). The highest BCUT2D eigenvalue weighted by molar-refractivity contribution is 5.56. The van der Waals surface area contributed by atoms with Crippen molar-refractivity contribution in [1.29, 1.82) is 0 Å². The highest BCUT2D eigenvalue weighted by atomic mass is 16.7. The second-order valence-corrected chi connectivity index (χ2v) is 4.97. The first-order chi connectivity index (χ1) is 8.87. The molecule has 0 bridgehead atoms. The quantitative estimate of drug-likeness (QED) is 0.662. The summed E-state index contributed by atoms with van der Waals surface area (Å²) in [6.45, 7) is 6.30. The molecular weight excluding hydrogens is 250 g/mol. The van der Waals surface area contributed by atoms with E-state index in [0.717, 1.165) is 5.56 Å². The molecule has 1 aliphatic rings. The normalized spacial score (nSPS) is 21.3. The Morgan fingerprint density at radius 2 is 2.37 bits per heavy atom. The van der Waals surface area contributed by atoms with E-state index in [4.69, 9.17) is 9.47 Å². The number of hydrogen-bond acceptors (Lipinski definition) is 6. The summed E-state index contributed by atoms with van der Waals surface area (Å²) < 4.78 is 11.0. The van der Waals surface area contributed by atoms with Crippen LogP contribution in [0.3, 0.4) is 0 Å². The summed E-state index contributed by atoms with van der Waals surface area (Å²) in [5.41, 5.74) is 0.719. The van der Waals surface area contributed by atoms with Crippen molar-refractivity contribution in [2.24, 2.45) is 0 Å². The van der Waals surface area contributed by atoms with Gasteiger partial charge in [0.15, 0.2) is 5.79 Å². The summed E-state index contributed by atoms with van der Waals surface area (Å²) >= 11 is 0. The van der Waals surface area contributed by atoms with Gasteiger partial charge in [-0.25, -0.2) is 4.98 Å². The Bertz CT molecular complexity index is 490. The average molecular weight is 267 g/mol. The van der Waals surface area contributed by atoms with Crippen LogP contribution in [0.4, 0.5) is 11.5 Å². The lowest BCUT2D eigenvalue weighted by molar-refractivity contribution is -0.384. The summed E-state index contributed by atoms with van der Waals surface area (Å²) in [4.78, 5) is 14.5. The molecule has 104 valence electrons. The van der Waals surface area contributed by atoms with Crippen molar-refractivity contribution in [3.8, 4) is 0 Å². The molecule has 1 N–H and O–H groups in total. The van der Waals surface area contributed by atoms with Gasteiger partial charge in [0.25, 0.3) is 0 Å². The van der Waals surface area contributed by atoms with E-state index >= 15 is 0 Å². The number of anilines is 1. The molecular formula is C12H17N3O4. The first-order valence-corrected chi connectivity index (χ1v) is 6.04. The number of aryl methyl sites for hydroxylation is 1. The zero-order valence-corrected chi connectivity index (χ0v) is 11.2. The molecule has 19 heavy (non-hydrogen) atoms. The van der Waals surface area contributed by atoms with Crippen LogP contribution in [-0.2, 0) is 9.47 Å². The number of nitrogens with zero attached hydrogens (tertiary/aromatic N) is 2. The van der Waals surface area contributed by atoms with Crippen LogP contribution in [-0.4, -0.2) is 35.0 Å². The molecule has 0 spiro atoms. The molecule has 0 amide bonds. The fourth-order valence-corrected chi connectivity index (χ4v) is 1.90. The Labute approximate surface area is 111 Å². The molecule has 7 heteroatoms. The van der Waals surface area contributed by atoms with Crippen LogP contribution in [0.15, 0.2) is 12.3 Å². The molecule has 1 aromatic rings. The minimum atomic E-state index is -0.598. The molecule has 0 aromatic carbocycles. The Morgan fingerprint density at radius 1 is 1.63 bits per heavy atom. The molecule has 1 aliphatic heterocycles. The van der Waals surface area contributed by atoms with E-state index in [1.807, 2.05) is 13.8 Å². The monoisotopic (exact) mass is 267 g/mol. The van der Waals surface area contributed by atoms with Crippen molar-refractivity contribution in [1.82, 2.24) is 4.98 Å². The first-order valence-electron chi connectivity index (χ1n) is 6.04. The van der Waals surface area contributed by atoms with E-state index < -0.39 is 10.7 Å².